The maximum atomic E-state index is 13.2. The number of carbonyl (C=O) groups excluding carboxylic acids is 1. The first-order valence-electron chi connectivity index (χ1n) is 14.2. The summed E-state index contributed by atoms with van der Waals surface area (Å²) in [6, 6.07) is 0. The first-order valence-corrected chi connectivity index (χ1v) is 14.2. The smallest absolute Gasteiger partial charge is 0.311 e. The molecule has 0 aromatic heterocycles. The number of hydrogen-bond donors (Lipinski definition) is 0. The van der Waals surface area contributed by atoms with Crippen LogP contribution in [0, 0.1) is 10.8 Å². The number of ether oxygens (including phenoxy) is 3. The number of nitrogens with zero attached hydrogens (tertiary/aromatic N) is 2. The topological polar surface area (TPSA) is 60.5 Å². The number of carbonyl (C=O) groups is 1. The number of rotatable bonds is 7. The zero-order chi connectivity index (χ0) is 28.2. The summed E-state index contributed by atoms with van der Waals surface area (Å²) in [6.45, 7) is 27.4. The van der Waals surface area contributed by atoms with Crippen molar-refractivity contribution >= 4 is 5.97 Å². The minimum absolute atomic E-state index is 0.0114. The molecule has 0 radical (unpaired) electrons. The lowest BCUT2D eigenvalue weighted by Crippen LogP contribution is -2.61. The molecule has 3 saturated heterocycles. The molecule has 7 nitrogen and oxygen atoms in total. The van der Waals surface area contributed by atoms with Gasteiger partial charge in [0.2, 0.25) is 0 Å². The number of esters is 1. The minimum atomic E-state index is -0.521. The normalized spacial score (nSPS) is 32.8. The molecular formula is C30H56N2O5. The maximum Gasteiger partial charge on any atom is 0.311 e. The highest BCUT2D eigenvalue weighted by Gasteiger charge is 2.56. The summed E-state index contributed by atoms with van der Waals surface area (Å²) in [5.74, 6) is -0.106. The second-order valence-electron chi connectivity index (χ2n) is 15.9. The van der Waals surface area contributed by atoms with E-state index in [1.54, 1.807) is 7.11 Å². The van der Waals surface area contributed by atoms with E-state index in [2.05, 4.69) is 79.2 Å². The van der Waals surface area contributed by atoms with Gasteiger partial charge in [-0.1, -0.05) is 20.8 Å². The van der Waals surface area contributed by atoms with Crippen LogP contribution in [0.15, 0.2) is 0 Å². The predicted molar refractivity (Wildman–Crippen MR) is 147 cm³/mol. The van der Waals surface area contributed by atoms with Gasteiger partial charge in [-0.15, -0.1) is 0 Å². The Morgan fingerprint density at radius 2 is 1.41 bits per heavy atom. The molecule has 37 heavy (non-hydrogen) atoms. The van der Waals surface area contributed by atoms with E-state index in [1.165, 1.54) is 0 Å². The molecule has 0 N–H and O–H groups in total. The van der Waals surface area contributed by atoms with Crippen LogP contribution in [0.1, 0.15) is 115 Å². The van der Waals surface area contributed by atoms with Crippen LogP contribution in [0.5, 0.6) is 0 Å². The molecule has 0 saturated carbocycles. The van der Waals surface area contributed by atoms with Crippen molar-refractivity contribution in [2.24, 2.45) is 10.8 Å². The van der Waals surface area contributed by atoms with Crippen molar-refractivity contribution in [2.45, 2.75) is 156 Å². The Balaban J connectivity index is 1.63. The largest absolute Gasteiger partial charge is 0.462 e. The molecule has 3 aliphatic heterocycles. The Hall–Kier alpha value is -0.730. The van der Waals surface area contributed by atoms with Crippen LogP contribution in [0.25, 0.3) is 0 Å². The number of hydroxylamine groups is 2. The summed E-state index contributed by atoms with van der Waals surface area (Å²) < 4.78 is 19.4. The van der Waals surface area contributed by atoms with E-state index < -0.39 is 11.1 Å². The molecule has 0 amide bonds. The summed E-state index contributed by atoms with van der Waals surface area (Å²) in [5.41, 5.74) is -1.31. The lowest BCUT2D eigenvalue weighted by Gasteiger charge is -2.53. The van der Waals surface area contributed by atoms with Crippen molar-refractivity contribution in [1.82, 2.24) is 9.96 Å². The average Bonchev–Trinajstić information content (AvgIpc) is 3.00. The first kappa shape index (κ1) is 30.8. The fourth-order valence-electron chi connectivity index (χ4n) is 7.97. The lowest BCUT2D eigenvalue weighted by molar-refractivity contribution is -0.281. The molecule has 0 aromatic rings. The van der Waals surface area contributed by atoms with E-state index in [-0.39, 0.29) is 46.3 Å². The Labute approximate surface area is 226 Å². The van der Waals surface area contributed by atoms with Crippen molar-refractivity contribution in [1.29, 1.82) is 0 Å². The van der Waals surface area contributed by atoms with Crippen molar-refractivity contribution in [3.63, 3.8) is 0 Å². The van der Waals surface area contributed by atoms with Crippen LogP contribution in [0.2, 0.25) is 0 Å². The highest BCUT2D eigenvalue weighted by atomic mass is 16.7. The van der Waals surface area contributed by atoms with Gasteiger partial charge in [0.15, 0.2) is 0 Å². The Morgan fingerprint density at radius 1 is 0.865 bits per heavy atom. The second kappa shape index (κ2) is 10.0. The van der Waals surface area contributed by atoms with Crippen molar-refractivity contribution in [3.05, 3.63) is 0 Å². The van der Waals surface area contributed by atoms with Gasteiger partial charge in [0.1, 0.15) is 11.8 Å². The quantitative estimate of drug-likeness (QED) is 0.381. The standard InChI is InChI=1S/C30H56N2O5/c1-25(2,3)20-26(4,5)24(33)36-22-16-27(6,7)31-18-23(37-30(31,12)17-22)19-35-21-14-28(8,9)32(34-13)29(10,11)15-21/h21-23H,14-20H2,1-13H3. The molecule has 3 atom stereocenters. The van der Waals surface area contributed by atoms with E-state index in [0.717, 1.165) is 32.2 Å². The molecule has 0 bridgehead atoms. The molecular weight excluding hydrogens is 468 g/mol. The Kier molecular flexibility index (Phi) is 8.35. The van der Waals surface area contributed by atoms with E-state index >= 15 is 0 Å². The molecule has 0 aromatic carbocycles. The summed E-state index contributed by atoms with van der Waals surface area (Å²) in [7, 11) is 1.76. The SMILES string of the molecule is CON1C(C)(C)CC(OCC2CN3C(C)(C)CC(OC(=O)C(C)(C)CC(C)(C)C)CC3(C)O2)CC1(C)C. The van der Waals surface area contributed by atoms with Crippen LogP contribution in [-0.4, -0.2) is 76.8 Å². The monoisotopic (exact) mass is 524 g/mol. The zero-order valence-electron chi connectivity index (χ0n) is 26.1. The van der Waals surface area contributed by atoms with Gasteiger partial charge >= 0.3 is 5.97 Å². The summed E-state index contributed by atoms with van der Waals surface area (Å²) in [6.07, 6.45) is 4.05. The molecule has 0 spiro atoms. The molecule has 3 unspecified atom stereocenters. The molecule has 3 rings (SSSR count). The van der Waals surface area contributed by atoms with Crippen molar-refractivity contribution < 1.29 is 23.8 Å². The van der Waals surface area contributed by atoms with Gasteiger partial charge in [0, 0.05) is 36.0 Å². The minimum Gasteiger partial charge on any atom is -0.462 e. The van der Waals surface area contributed by atoms with Crippen LogP contribution in [-0.2, 0) is 23.8 Å². The van der Waals surface area contributed by atoms with Gasteiger partial charge in [-0.3, -0.25) is 9.69 Å². The molecule has 216 valence electrons. The third-order valence-electron chi connectivity index (χ3n) is 8.49. The van der Waals surface area contributed by atoms with E-state index in [4.69, 9.17) is 19.0 Å². The van der Waals surface area contributed by atoms with Gasteiger partial charge in [0.25, 0.3) is 0 Å². The number of hydrogen-bond acceptors (Lipinski definition) is 7. The van der Waals surface area contributed by atoms with Gasteiger partial charge in [-0.05, 0) is 87.0 Å². The predicted octanol–water partition coefficient (Wildman–Crippen LogP) is 5.95. The fourth-order valence-corrected chi connectivity index (χ4v) is 7.97. The van der Waals surface area contributed by atoms with Crippen LogP contribution < -0.4 is 0 Å². The number of piperidine rings is 2. The molecule has 3 fully saturated rings. The van der Waals surface area contributed by atoms with Crippen LogP contribution >= 0.6 is 0 Å². The van der Waals surface area contributed by atoms with Gasteiger partial charge in [-0.25, -0.2) is 0 Å². The van der Waals surface area contributed by atoms with Crippen molar-refractivity contribution in [2.75, 3.05) is 20.3 Å². The molecule has 0 aliphatic carbocycles. The van der Waals surface area contributed by atoms with Gasteiger partial charge in [-0.2, -0.15) is 5.06 Å². The van der Waals surface area contributed by atoms with Gasteiger partial charge < -0.3 is 19.0 Å². The van der Waals surface area contributed by atoms with Crippen LogP contribution in [0.3, 0.4) is 0 Å². The first-order chi connectivity index (χ1) is 16.6. The highest BCUT2D eigenvalue weighted by Crippen LogP contribution is 2.46. The summed E-state index contributed by atoms with van der Waals surface area (Å²) >= 11 is 0. The fraction of sp³-hybridized carbons (Fsp3) is 0.967. The van der Waals surface area contributed by atoms with Crippen LogP contribution in [0.4, 0.5) is 0 Å². The highest BCUT2D eigenvalue weighted by molar-refractivity contribution is 5.76. The second-order valence-corrected chi connectivity index (χ2v) is 15.9. The molecule has 3 aliphatic rings. The average molecular weight is 525 g/mol. The Morgan fingerprint density at radius 3 is 1.92 bits per heavy atom. The summed E-state index contributed by atoms with van der Waals surface area (Å²) in [4.78, 5) is 21.4. The number of fused-ring (bicyclic) bond motifs is 1. The molecule has 3 heterocycles. The van der Waals surface area contributed by atoms with E-state index in [0.29, 0.717) is 13.0 Å². The molecule has 7 heteroatoms. The Bertz CT molecular complexity index is 812. The third-order valence-corrected chi connectivity index (χ3v) is 8.49. The maximum absolute atomic E-state index is 13.2. The van der Waals surface area contributed by atoms with Gasteiger partial charge in [0.05, 0.1) is 31.3 Å². The zero-order valence-corrected chi connectivity index (χ0v) is 26.1. The van der Waals surface area contributed by atoms with E-state index in [1.807, 2.05) is 13.8 Å². The third kappa shape index (κ3) is 6.89. The van der Waals surface area contributed by atoms with E-state index in [9.17, 15) is 4.79 Å². The van der Waals surface area contributed by atoms with Crippen molar-refractivity contribution in [3.8, 4) is 0 Å². The lowest BCUT2D eigenvalue weighted by atomic mass is 9.76. The summed E-state index contributed by atoms with van der Waals surface area (Å²) in [5, 5.41) is 2.11.